The van der Waals surface area contributed by atoms with Crippen molar-refractivity contribution < 1.29 is 47.0 Å². The van der Waals surface area contributed by atoms with Gasteiger partial charge in [-0.2, -0.15) is 0 Å². The van der Waals surface area contributed by atoms with E-state index in [4.69, 9.17) is 15.2 Å². The molecule has 1 aromatic carbocycles. The van der Waals surface area contributed by atoms with Crippen LogP contribution < -0.4 is 30.6 Å². The van der Waals surface area contributed by atoms with Gasteiger partial charge in [-0.05, 0) is 68.6 Å². The number of fused-ring (bicyclic) bond motifs is 3. The van der Waals surface area contributed by atoms with Gasteiger partial charge < -0.3 is 35.8 Å². The first-order valence-electron chi connectivity index (χ1n) is 17.9. The second kappa shape index (κ2) is 14.8. The highest BCUT2D eigenvalue weighted by Crippen LogP contribution is 2.46. The summed E-state index contributed by atoms with van der Waals surface area (Å²) in [7, 11) is -2.46. The number of benzene rings is 1. The lowest BCUT2D eigenvalue weighted by atomic mass is 9.85. The highest BCUT2D eigenvalue weighted by molar-refractivity contribution is 7.91. The van der Waals surface area contributed by atoms with Crippen LogP contribution in [0.3, 0.4) is 0 Å². The van der Waals surface area contributed by atoms with E-state index in [-0.39, 0.29) is 36.7 Å². The van der Waals surface area contributed by atoms with Gasteiger partial charge in [0.25, 0.3) is 11.8 Å². The zero-order chi connectivity index (χ0) is 38.2. The molecule has 5 amide bonds. The topological polar surface area (TPSA) is 236 Å². The summed E-state index contributed by atoms with van der Waals surface area (Å²) in [5, 5.41) is 15.2. The van der Waals surface area contributed by atoms with E-state index in [0.717, 1.165) is 6.42 Å². The van der Waals surface area contributed by atoms with Crippen LogP contribution in [0.4, 0.5) is 4.79 Å². The monoisotopic (exact) mass is 754 g/mol. The molecule has 286 valence electrons. The number of nitrogens with two attached hydrogens (primary N) is 1. The third-order valence-electron chi connectivity index (χ3n) is 10.9. The second-order valence-electron chi connectivity index (χ2n) is 14.6. The minimum absolute atomic E-state index is 0.0694. The van der Waals surface area contributed by atoms with Crippen LogP contribution in [0.1, 0.15) is 75.6 Å². The summed E-state index contributed by atoms with van der Waals surface area (Å²) in [6.07, 6.45) is 6.12. The van der Waals surface area contributed by atoms with Gasteiger partial charge in [0.05, 0.1) is 24.5 Å². The molecule has 17 heteroatoms. The summed E-state index contributed by atoms with van der Waals surface area (Å²) in [6, 6.07) is 2.50. The molecule has 7 atom stereocenters. The number of amides is 5. The van der Waals surface area contributed by atoms with Gasteiger partial charge in [-0.25, -0.2) is 18.2 Å². The number of carbonyl (C=O) groups excluding carboxylic acids is 4. The first kappa shape index (κ1) is 37.8. The molecule has 0 radical (unpaired) electrons. The summed E-state index contributed by atoms with van der Waals surface area (Å²) in [5.41, 5.74) is 4.17. The van der Waals surface area contributed by atoms with Crippen LogP contribution in [-0.2, 0) is 24.4 Å². The van der Waals surface area contributed by atoms with Gasteiger partial charge in [0.2, 0.25) is 27.7 Å². The molecule has 16 nitrogen and oxygen atoms in total. The van der Waals surface area contributed by atoms with Crippen molar-refractivity contribution in [3.05, 3.63) is 42.1 Å². The van der Waals surface area contributed by atoms with E-state index >= 15 is 0 Å². The number of primary amides is 1. The van der Waals surface area contributed by atoms with E-state index in [1.165, 1.54) is 18.2 Å². The maximum absolute atomic E-state index is 14.5. The largest absolute Gasteiger partial charge is 0.497 e. The molecule has 1 saturated heterocycles. The summed E-state index contributed by atoms with van der Waals surface area (Å²) in [4.78, 5) is 72.5. The smallest absolute Gasteiger partial charge is 0.405 e. The van der Waals surface area contributed by atoms with Crippen LogP contribution in [0.15, 0.2) is 36.5 Å². The van der Waals surface area contributed by atoms with Crippen molar-refractivity contribution in [3.63, 3.8) is 0 Å². The van der Waals surface area contributed by atoms with Crippen molar-refractivity contribution in [2.24, 2.45) is 23.5 Å². The summed E-state index contributed by atoms with van der Waals surface area (Å²) in [5.74, 6) is -3.12. The Labute approximate surface area is 307 Å². The van der Waals surface area contributed by atoms with E-state index in [2.05, 4.69) is 20.3 Å². The molecule has 0 unspecified atom stereocenters. The van der Waals surface area contributed by atoms with Crippen molar-refractivity contribution in [3.8, 4) is 11.6 Å². The number of methoxy groups -OCH3 is 1. The molecule has 2 aliphatic carbocycles. The molecular weight excluding hydrogens is 708 g/mol. The van der Waals surface area contributed by atoms with Crippen LogP contribution in [-0.4, -0.2) is 95.8 Å². The number of allylic oxidation sites excluding steroid dienone is 1. The van der Waals surface area contributed by atoms with E-state index in [1.54, 1.807) is 18.2 Å². The highest BCUT2D eigenvalue weighted by atomic mass is 32.2. The van der Waals surface area contributed by atoms with Gasteiger partial charge in [0, 0.05) is 29.3 Å². The van der Waals surface area contributed by atoms with Crippen molar-refractivity contribution in [2.75, 3.05) is 13.7 Å². The fourth-order valence-electron chi connectivity index (χ4n) is 7.62. The van der Waals surface area contributed by atoms with Gasteiger partial charge in [-0.15, -0.1) is 0 Å². The molecule has 0 spiro atoms. The van der Waals surface area contributed by atoms with Gasteiger partial charge in [-0.1, -0.05) is 32.4 Å². The van der Waals surface area contributed by atoms with Crippen LogP contribution in [0.25, 0.3) is 10.8 Å². The van der Waals surface area contributed by atoms with Crippen LogP contribution in [0.5, 0.6) is 11.6 Å². The summed E-state index contributed by atoms with van der Waals surface area (Å²) in [6.45, 7) is 3.76. The number of hydrogen-bond donors (Lipinski definition) is 5. The number of hydrogen-bond acceptors (Lipinski definition) is 10. The average molecular weight is 755 g/mol. The number of carboxylic acid groups (broad SMARTS) is 1. The van der Waals surface area contributed by atoms with Gasteiger partial charge >= 0.3 is 6.09 Å². The van der Waals surface area contributed by atoms with Crippen LogP contribution in [0, 0.1) is 17.8 Å². The summed E-state index contributed by atoms with van der Waals surface area (Å²) < 4.78 is 39.5. The fraction of sp³-hybridized carbons (Fsp3) is 0.556. The van der Waals surface area contributed by atoms with Crippen LogP contribution in [0.2, 0.25) is 0 Å². The maximum atomic E-state index is 14.5. The van der Waals surface area contributed by atoms with Gasteiger partial charge in [-0.3, -0.25) is 23.9 Å². The Morgan fingerprint density at radius 3 is 2.57 bits per heavy atom. The Balaban J connectivity index is 1.36. The van der Waals surface area contributed by atoms with E-state index in [9.17, 15) is 37.5 Å². The Bertz CT molecular complexity index is 1950. The Hall–Kier alpha value is -4.93. The first-order chi connectivity index (χ1) is 25.2. The molecule has 1 aromatic heterocycles. The quantitative estimate of drug-likeness (QED) is 0.233. The van der Waals surface area contributed by atoms with Crippen molar-refractivity contribution in [2.45, 2.75) is 94.2 Å². The highest BCUT2D eigenvalue weighted by Gasteiger charge is 2.62. The Morgan fingerprint density at radius 1 is 1.15 bits per heavy atom. The van der Waals surface area contributed by atoms with E-state index < -0.39 is 80.6 Å². The average Bonchev–Trinajstić information content (AvgIpc) is 4.04. The SMILES string of the molecule is CC[C@@H]1C[C@H](C)CC/C=C\[C@@H]2C[C@@]2(C(=O)NS(=O)(=O)C2CC2)NC(=O)[C@@H]2C[C@@H](Oc3ncc(C(N)=O)c4cc(OC)ccc34)CN2C(=O)[C@H]1NC(=O)O. The molecule has 6 N–H and O–H groups in total. The number of ether oxygens (including phenoxy) is 2. The number of sulfonamides is 1. The minimum atomic E-state index is -3.93. The summed E-state index contributed by atoms with van der Waals surface area (Å²) >= 11 is 0. The molecule has 2 aromatic rings. The minimum Gasteiger partial charge on any atom is -0.497 e. The molecule has 2 aliphatic heterocycles. The number of aromatic nitrogens is 1. The molecule has 53 heavy (non-hydrogen) atoms. The van der Waals surface area contributed by atoms with Gasteiger partial charge in [0.1, 0.15) is 29.5 Å². The molecule has 3 heterocycles. The lowest BCUT2D eigenvalue weighted by Gasteiger charge is -2.33. The van der Waals surface area contributed by atoms with Crippen molar-refractivity contribution >= 4 is 50.5 Å². The number of pyridine rings is 1. The fourth-order valence-corrected chi connectivity index (χ4v) is 8.98. The molecule has 3 fully saturated rings. The predicted molar refractivity (Wildman–Crippen MR) is 191 cm³/mol. The molecular formula is C36H46N6O10S. The first-order valence-corrected chi connectivity index (χ1v) is 19.5. The molecule has 4 aliphatic rings. The third kappa shape index (κ3) is 7.89. The standard InChI is InChI=1S/C36H46N6O10S/c1-4-20-13-19(2)7-5-6-8-21-16-36(21,34(46)41-53(49,50)24-10-11-24)40-31(44)28-15-23(18-42(28)33(45)29(20)39-35(47)48)52-32-25-12-9-22(51-3)14-26(25)27(17-38-32)30(37)43/h6,8-9,12,14,17,19-21,23-24,28-29,39H,4-5,7,10-11,13,15-16,18H2,1-3H3,(H2,37,43)(H,40,44)(H,41,46)(H,47,48)/b8-6-/t19-,20-,21-,23-,28+,29+,36-/m1/s1. The zero-order valence-electron chi connectivity index (χ0n) is 29.9. The van der Waals surface area contributed by atoms with Crippen LogP contribution >= 0.6 is 0 Å². The lowest BCUT2D eigenvalue weighted by Crippen LogP contribution is -2.59. The zero-order valence-corrected chi connectivity index (χ0v) is 30.7. The Morgan fingerprint density at radius 2 is 1.91 bits per heavy atom. The number of carbonyl (C=O) groups is 5. The predicted octanol–water partition coefficient (Wildman–Crippen LogP) is 2.21. The number of nitrogens with one attached hydrogen (secondary N) is 3. The molecule has 2 saturated carbocycles. The number of rotatable bonds is 9. The lowest BCUT2D eigenvalue weighted by molar-refractivity contribution is -0.142. The van der Waals surface area contributed by atoms with Gasteiger partial charge in [0.15, 0.2) is 0 Å². The normalized spacial score (nSPS) is 29.8. The van der Waals surface area contributed by atoms with E-state index in [0.29, 0.717) is 48.6 Å². The third-order valence-corrected chi connectivity index (χ3v) is 12.7. The van der Waals surface area contributed by atoms with E-state index in [1.807, 2.05) is 26.0 Å². The second-order valence-corrected chi connectivity index (χ2v) is 16.6. The maximum Gasteiger partial charge on any atom is 0.405 e. The molecule has 0 bridgehead atoms. The number of nitrogens with zero attached hydrogens (tertiary/aromatic N) is 2. The van der Waals surface area contributed by atoms with Crippen molar-refractivity contribution in [1.82, 2.24) is 25.2 Å². The van der Waals surface area contributed by atoms with Crippen molar-refractivity contribution in [1.29, 1.82) is 0 Å². The Kier molecular flexibility index (Phi) is 10.6. The molecule has 6 rings (SSSR count).